The SMILES string of the molecule is CNC(=O)c1cnc(NC(C)C)c(N2CCC([C@H](F)c3ccc(F)cc3F)CC2)n1. The van der Waals surface area contributed by atoms with E-state index < -0.39 is 23.7 Å². The summed E-state index contributed by atoms with van der Waals surface area (Å²) in [6.07, 6.45) is 0.828. The topological polar surface area (TPSA) is 70.2 Å². The van der Waals surface area contributed by atoms with E-state index in [1.165, 1.54) is 19.3 Å². The van der Waals surface area contributed by atoms with Crippen LogP contribution in [-0.4, -0.2) is 42.1 Å². The van der Waals surface area contributed by atoms with Gasteiger partial charge in [-0.3, -0.25) is 4.79 Å². The molecule has 1 aliphatic heterocycles. The molecule has 0 spiro atoms. The molecule has 3 rings (SSSR count). The third-order valence-electron chi connectivity index (χ3n) is 5.15. The fourth-order valence-corrected chi connectivity index (χ4v) is 3.60. The molecule has 0 radical (unpaired) electrons. The molecule has 6 nitrogen and oxygen atoms in total. The Morgan fingerprint density at radius 1 is 1.23 bits per heavy atom. The molecule has 1 aromatic heterocycles. The van der Waals surface area contributed by atoms with Gasteiger partial charge in [0.2, 0.25) is 0 Å². The van der Waals surface area contributed by atoms with Gasteiger partial charge in [-0.25, -0.2) is 23.1 Å². The molecule has 2 N–H and O–H groups in total. The van der Waals surface area contributed by atoms with Crippen LogP contribution in [0.15, 0.2) is 24.4 Å². The van der Waals surface area contributed by atoms with E-state index in [-0.39, 0.29) is 23.2 Å². The van der Waals surface area contributed by atoms with Crippen molar-refractivity contribution in [1.82, 2.24) is 15.3 Å². The van der Waals surface area contributed by atoms with E-state index in [0.29, 0.717) is 43.6 Å². The van der Waals surface area contributed by atoms with Crippen LogP contribution in [0.25, 0.3) is 0 Å². The number of aromatic nitrogens is 2. The summed E-state index contributed by atoms with van der Waals surface area (Å²) in [6.45, 7) is 4.89. The van der Waals surface area contributed by atoms with Gasteiger partial charge in [0.15, 0.2) is 11.6 Å². The van der Waals surface area contributed by atoms with E-state index >= 15 is 0 Å². The first-order valence-corrected chi connectivity index (χ1v) is 9.99. The number of amides is 1. The Labute approximate surface area is 173 Å². The summed E-state index contributed by atoms with van der Waals surface area (Å²) in [5, 5.41) is 5.75. The standard InChI is InChI=1S/C21H26F3N5O/c1-12(2)27-19-20(28-17(11-26-19)21(30)25-3)29-8-6-13(7-9-29)18(24)15-5-4-14(22)10-16(15)23/h4-5,10-13,18H,6-9H2,1-3H3,(H,25,30)(H,26,27)/t18-/m0/s1. The van der Waals surface area contributed by atoms with Crippen molar-refractivity contribution < 1.29 is 18.0 Å². The Hall–Kier alpha value is -2.84. The lowest BCUT2D eigenvalue weighted by atomic mass is 9.88. The van der Waals surface area contributed by atoms with Crippen molar-refractivity contribution in [1.29, 1.82) is 0 Å². The first-order chi connectivity index (χ1) is 14.3. The number of carbonyl (C=O) groups excluding carboxylic acids is 1. The molecule has 1 fully saturated rings. The highest BCUT2D eigenvalue weighted by Crippen LogP contribution is 2.37. The maximum atomic E-state index is 14.9. The van der Waals surface area contributed by atoms with Gasteiger partial charge in [0, 0.05) is 37.8 Å². The molecule has 0 aliphatic carbocycles. The molecule has 0 unspecified atom stereocenters. The minimum atomic E-state index is -1.51. The van der Waals surface area contributed by atoms with Crippen LogP contribution in [0.2, 0.25) is 0 Å². The Balaban J connectivity index is 1.77. The van der Waals surface area contributed by atoms with Crippen molar-refractivity contribution in [2.45, 2.75) is 38.9 Å². The van der Waals surface area contributed by atoms with E-state index in [4.69, 9.17) is 0 Å². The zero-order valence-electron chi connectivity index (χ0n) is 17.3. The quantitative estimate of drug-likeness (QED) is 0.741. The second kappa shape index (κ2) is 9.32. The highest BCUT2D eigenvalue weighted by molar-refractivity contribution is 5.92. The summed E-state index contributed by atoms with van der Waals surface area (Å²) in [5.41, 5.74) is 0.0825. The summed E-state index contributed by atoms with van der Waals surface area (Å²) >= 11 is 0. The van der Waals surface area contributed by atoms with Crippen LogP contribution >= 0.6 is 0 Å². The number of benzene rings is 1. The van der Waals surface area contributed by atoms with Gasteiger partial charge in [-0.2, -0.15) is 0 Å². The molecule has 0 bridgehead atoms. The van der Waals surface area contributed by atoms with Gasteiger partial charge in [-0.05, 0) is 38.7 Å². The lowest BCUT2D eigenvalue weighted by Crippen LogP contribution is -2.37. The van der Waals surface area contributed by atoms with Gasteiger partial charge < -0.3 is 15.5 Å². The van der Waals surface area contributed by atoms with Gasteiger partial charge in [0.1, 0.15) is 23.5 Å². The highest BCUT2D eigenvalue weighted by Gasteiger charge is 2.31. The molecule has 2 heterocycles. The average Bonchev–Trinajstić information content (AvgIpc) is 2.73. The van der Waals surface area contributed by atoms with Crippen molar-refractivity contribution in [3.8, 4) is 0 Å². The van der Waals surface area contributed by atoms with Gasteiger partial charge in [-0.1, -0.05) is 6.07 Å². The van der Waals surface area contributed by atoms with E-state index in [1.54, 1.807) is 0 Å². The van der Waals surface area contributed by atoms with Crippen LogP contribution < -0.4 is 15.5 Å². The molecular weight excluding hydrogens is 395 g/mol. The number of rotatable bonds is 6. The monoisotopic (exact) mass is 421 g/mol. The Kier molecular flexibility index (Phi) is 6.79. The zero-order valence-corrected chi connectivity index (χ0v) is 17.3. The fraction of sp³-hybridized carbons (Fsp3) is 0.476. The molecule has 9 heteroatoms. The van der Waals surface area contributed by atoms with Crippen molar-refractivity contribution in [2.75, 3.05) is 30.4 Å². The summed E-state index contributed by atoms with van der Waals surface area (Å²) < 4.78 is 42.0. The largest absolute Gasteiger partial charge is 0.365 e. The minimum absolute atomic E-state index is 0.109. The number of nitrogens with zero attached hydrogens (tertiary/aromatic N) is 3. The number of alkyl halides is 1. The van der Waals surface area contributed by atoms with Crippen molar-refractivity contribution in [3.05, 3.63) is 47.3 Å². The van der Waals surface area contributed by atoms with Crippen molar-refractivity contribution in [3.63, 3.8) is 0 Å². The van der Waals surface area contributed by atoms with Crippen LogP contribution in [0.1, 0.15) is 48.9 Å². The summed E-state index contributed by atoms with van der Waals surface area (Å²) in [4.78, 5) is 22.7. The smallest absolute Gasteiger partial charge is 0.271 e. The molecular formula is C21H26F3N5O. The Bertz CT molecular complexity index is 900. The van der Waals surface area contributed by atoms with E-state index in [1.807, 2.05) is 18.7 Å². The molecule has 1 amide bonds. The van der Waals surface area contributed by atoms with Crippen LogP contribution in [0, 0.1) is 17.6 Å². The van der Waals surface area contributed by atoms with E-state index in [0.717, 1.165) is 6.07 Å². The van der Waals surface area contributed by atoms with Crippen molar-refractivity contribution in [2.24, 2.45) is 5.92 Å². The Morgan fingerprint density at radius 2 is 1.93 bits per heavy atom. The predicted octanol–water partition coefficient (Wildman–Crippen LogP) is 3.86. The minimum Gasteiger partial charge on any atom is -0.365 e. The molecule has 30 heavy (non-hydrogen) atoms. The third kappa shape index (κ3) is 4.83. The Morgan fingerprint density at radius 3 is 2.53 bits per heavy atom. The highest BCUT2D eigenvalue weighted by atomic mass is 19.1. The van der Waals surface area contributed by atoms with Gasteiger partial charge >= 0.3 is 0 Å². The number of piperidine rings is 1. The van der Waals surface area contributed by atoms with E-state index in [2.05, 4.69) is 20.6 Å². The fourth-order valence-electron chi connectivity index (χ4n) is 3.60. The second-order valence-corrected chi connectivity index (χ2v) is 7.70. The summed E-state index contributed by atoms with van der Waals surface area (Å²) in [7, 11) is 1.52. The summed E-state index contributed by atoms with van der Waals surface area (Å²) in [6, 6.07) is 3.06. The normalized spacial score (nSPS) is 15.9. The first-order valence-electron chi connectivity index (χ1n) is 9.99. The molecule has 1 atom stereocenters. The van der Waals surface area contributed by atoms with Crippen LogP contribution in [0.3, 0.4) is 0 Å². The number of hydrogen-bond donors (Lipinski definition) is 2. The number of hydrogen-bond acceptors (Lipinski definition) is 5. The second-order valence-electron chi connectivity index (χ2n) is 7.70. The molecule has 1 aliphatic rings. The molecule has 2 aromatic rings. The van der Waals surface area contributed by atoms with Gasteiger partial charge in [0.05, 0.1) is 6.20 Å². The number of anilines is 2. The molecule has 0 saturated carbocycles. The molecule has 162 valence electrons. The zero-order chi connectivity index (χ0) is 21.8. The predicted molar refractivity (Wildman–Crippen MR) is 109 cm³/mol. The maximum Gasteiger partial charge on any atom is 0.271 e. The first kappa shape index (κ1) is 21.9. The number of nitrogens with one attached hydrogen (secondary N) is 2. The lowest BCUT2D eigenvalue weighted by molar-refractivity contribution is 0.0958. The third-order valence-corrected chi connectivity index (χ3v) is 5.15. The maximum absolute atomic E-state index is 14.9. The molecule has 1 aromatic carbocycles. The average molecular weight is 421 g/mol. The number of carbonyl (C=O) groups is 1. The van der Waals surface area contributed by atoms with Gasteiger partial charge in [-0.15, -0.1) is 0 Å². The van der Waals surface area contributed by atoms with Gasteiger partial charge in [0.25, 0.3) is 5.91 Å². The lowest BCUT2D eigenvalue weighted by Gasteiger charge is -2.35. The van der Waals surface area contributed by atoms with Crippen molar-refractivity contribution >= 4 is 17.5 Å². The van der Waals surface area contributed by atoms with Crippen LogP contribution in [-0.2, 0) is 0 Å². The van der Waals surface area contributed by atoms with E-state index in [9.17, 15) is 18.0 Å². The number of halogens is 3. The van der Waals surface area contributed by atoms with Crippen LogP contribution in [0.4, 0.5) is 24.8 Å². The molecule has 1 saturated heterocycles. The summed E-state index contributed by atoms with van der Waals surface area (Å²) in [5.74, 6) is -1.23. The van der Waals surface area contributed by atoms with Crippen LogP contribution in [0.5, 0.6) is 0 Å².